The predicted molar refractivity (Wildman–Crippen MR) is 98.2 cm³/mol. The lowest BCUT2D eigenvalue weighted by atomic mass is 10.1. The van der Waals surface area contributed by atoms with Crippen molar-refractivity contribution in [2.75, 3.05) is 0 Å². The van der Waals surface area contributed by atoms with Crippen molar-refractivity contribution in [2.24, 2.45) is 0 Å². The molecule has 0 saturated heterocycles. The van der Waals surface area contributed by atoms with Crippen LogP contribution in [0.15, 0.2) is 47.3 Å². The van der Waals surface area contributed by atoms with Gasteiger partial charge in [0.05, 0.1) is 20.7 Å². The van der Waals surface area contributed by atoms with Crippen molar-refractivity contribution >= 4 is 33.9 Å². The lowest BCUT2D eigenvalue weighted by Gasteiger charge is -2.05. The lowest BCUT2D eigenvalue weighted by Crippen LogP contribution is -2.20. The zero-order valence-electron chi connectivity index (χ0n) is 13.9. The Hall–Kier alpha value is -3.88. The number of aromatic nitrogens is 2. The maximum absolute atomic E-state index is 12.7. The SMILES string of the molecule is O=c1c2cc([N+](=O)[O-])ccc2nc2n1CC/C2=C\c1cccc([N+](=O)[O-])c1. The highest BCUT2D eigenvalue weighted by molar-refractivity contribution is 5.85. The molecule has 1 aromatic heterocycles. The maximum atomic E-state index is 12.7. The number of allylic oxidation sites excluding steroid dienone is 1. The lowest BCUT2D eigenvalue weighted by molar-refractivity contribution is -0.385. The summed E-state index contributed by atoms with van der Waals surface area (Å²) in [5.41, 5.74) is 1.30. The molecule has 0 aliphatic carbocycles. The molecule has 0 radical (unpaired) electrons. The molecule has 0 amide bonds. The van der Waals surface area contributed by atoms with E-state index in [2.05, 4.69) is 4.98 Å². The van der Waals surface area contributed by atoms with Crippen molar-refractivity contribution in [1.82, 2.24) is 9.55 Å². The highest BCUT2D eigenvalue weighted by Crippen LogP contribution is 2.29. The molecule has 3 aromatic rings. The Morgan fingerprint density at radius 2 is 1.78 bits per heavy atom. The molecule has 27 heavy (non-hydrogen) atoms. The highest BCUT2D eigenvalue weighted by Gasteiger charge is 2.22. The van der Waals surface area contributed by atoms with Gasteiger partial charge in [-0.2, -0.15) is 0 Å². The van der Waals surface area contributed by atoms with E-state index in [9.17, 15) is 25.0 Å². The van der Waals surface area contributed by atoms with Crippen LogP contribution in [0.25, 0.3) is 22.6 Å². The number of hydrogen-bond donors (Lipinski definition) is 0. The zero-order chi connectivity index (χ0) is 19.1. The van der Waals surface area contributed by atoms with E-state index in [0.29, 0.717) is 29.9 Å². The van der Waals surface area contributed by atoms with E-state index < -0.39 is 9.85 Å². The summed E-state index contributed by atoms with van der Waals surface area (Å²) in [4.78, 5) is 38.1. The molecule has 4 rings (SSSR count). The van der Waals surface area contributed by atoms with Gasteiger partial charge in [0, 0.05) is 30.8 Å². The Morgan fingerprint density at radius 1 is 1.04 bits per heavy atom. The first-order chi connectivity index (χ1) is 12.9. The largest absolute Gasteiger partial charge is 0.292 e. The van der Waals surface area contributed by atoms with Crippen LogP contribution in [0.4, 0.5) is 11.4 Å². The number of benzene rings is 2. The second kappa shape index (κ2) is 6.13. The molecule has 0 spiro atoms. The van der Waals surface area contributed by atoms with Crippen LogP contribution in [0.1, 0.15) is 17.8 Å². The molecule has 1 aliphatic rings. The number of rotatable bonds is 3. The summed E-state index contributed by atoms with van der Waals surface area (Å²) in [7, 11) is 0. The van der Waals surface area contributed by atoms with Crippen LogP contribution in [-0.4, -0.2) is 19.4 Å². The fourth-order valence-electron chi connectivity index (χ4n) is 3.19. The van der Waals surface area contributed by atoms with Crippen LogP contribution < -0.4 is 5.56 Å². The minimum atomic E-state index is -0.551. The summed E-state index contributed by atoms with van der Waals surface area (Å²) in [6, 6.07) is 10.2. The summed E-state index contributed by atoms with van der Waals surface area (Å²) >= 11 is 0. The van der Waals surface area contributed by atoms with Gasteiger partial charge in [0.15, 0.2) is 0 Å². The average molecular weight is 364 g/mol. The van der Waals surface area contributed by atoms with Crippen LogP contribution in [0.2, 0.25) is 0 Å². The predicted octanol–water partition coefficient (Wildman–Crippen LogP) is 3.16. The van der Waals surface area contributed by atoms with E-state index in [4.69, 9.17) is 0 Å². The average Bonchev–Trinajstić information content (AvgIpc) is 3.04. The van der Waals surface area contributed by atoms with E-state index in [1.807, 2.05) is 0 Å². The maximum Gasteiger partial charge on any atom is 0.270 e. The van der Waals surface area contributed by atoms with E-state index >= 15 is 0 Å². The van der Waals surface area contributed by atoms with Crippen molar-refractivity contribution in [2.45, 2.75) is 13.0 Å². The molecule has 0 bridgehead atoms. The minimum absolute atomic E-state index is 0.0153. The van der Waals surface area contributed by atoms with E-state index in [1.165, 1.54) is 34.9 Å². The fraction of sp³-hybridized carbons (Fsp3) is 0.111. The van der Waals surface area contributed by atoms with Crippen LogP contribution in [-0.2, 0) is 6.54 Å². The molecule has 0 atom stereocenters. The Morgan fingerprint density at radius 3 is 2.52 bits per heavy atom. The Bertz CT molecular complexity index is 1210. The second-order valence-electron chi connectivity index (χ2n) is 6.12. The molecule has 0 unspecified atom stereocenters. The van der Waals surface area contributed by atoms with Gasteiger partial charge in [-0.25, -0.2) is 4.98 Å². The summed E-state index contributed by atoms with van der Waals surface area (Å²) in [6.07, 6.45) is 2.32. The van der Waals surface area contributed by atoms with E-state index in [-0.39, 0.29) is 22.3 Å². The second-order valence-corrected chi connectivity index (χ2v) is 6.12. The Labute approximate surface area is 151 Å². The van der Waals surface area contributed by atoms with Crippen LogP contribution in [0, 0.1) is 20.2 Å². The monoisotopic (exact) mass is 364 g/mol. The quantitative estimate of drug-likeness (QED) is 0.520. The van der Waals surface area contributed by atoms with Crippen molar-refractivity contribution in [3.63, 3.8) is 0 Å². The molecule has 134 valence electrons. The standard InChI is InChI=1S/C18H12N4O5/c23-18-15-10-14(22(26)27)4-5-16(15)19-17-12(6-7-20(17)18)8-11-2-1-3-13(9-11)21(24)25/h1-5,8-10H,6-7H2/b12-8+. The summed E-state index contributed by atoms with van der Waals surface area (Å²) in [5, 5.41) is 22.1. The van der Waals surface area contributed by atoms with Crippen molar-refractivity contribution in [1.29, 1.82) is 0 Å². The first-order valence-electron chi connectivity index (χ1n) is 8.08. The van der Waals surface area contributed by atoms with Crippen molar-refractivity contribution in [3.8, 4) is 0 Å². The number of nitrogens with zero attached hydrogens (tertiary/aromatic N) is 4. The van der Waals surface area contributed by atoms with Gasteiger partial charge in [0.25, 0.3) is 16.9 Å². The molecule has 9 nitrogen and oxygen atoms in total. The van der Waals surface area contributed by atoms with Gasteiger partial charge in [0.1, 0.15) is 5.82 Å². The third kappa shape index (κ3) is 2.84. The number of hydrogen-bond acceptors (Lipinski definition) is 6. The number of non-ortho nitro benzene ring substituents is 2. The molecule has 2 heterocycles. The number of nitro groups is 2. The summed E-state index contributed by atoms with van der Waals surface area (Å²) in [5.74, 6) is 0.479. The van der Waals surface area contributed by atoms with Gasteiger partial charge in [-0.05, 0) is 29.7 Å². The van der Waals surface area contributed by atoms with Gasteiger partial charge in [-0.15, -0.1) is 0 Å². The van der Waals surface area contributed by atoms with E-state index in [0.717, 1.165) is 5.57 Å². The molecule has 0 fully saturated rings. The summed E-state index contributed by atoms with van der Waals surface area (Å²) in [6.45, 7) is 0.403. The highest BCUT2D eigenvalue weighted by atomic mass is 16.6. The van der Waals surface area contributed by atoms with Crippen LogP contribution in [0.3, 0.4) is 0 Å². The third-order valence-electron chi connectivity index (χ3n) is 4.46. The Kier molecular flexibility index (Phi) is 3.76. The molecular weight excluding hydrogens is 352 g/mol. The smallest absolute Gasteiger partial charge is 0.270 e. The molecule has 0 N–H and O–H groups in total. The first kappa shape index (κ1) is 16.6. The topological polar surface area (TPSA) is 121 Å². The van der Waals surface area contributed by atoms with E-state index in [1.54, 1.807) is 18.2 Å². The van der Waals surface area contributed by atoms with Gasteiger partial charge < -0.3 is 0 Å². The van der Waals surface area contributed by atoms with Crippen molar-refractivity contribution in [3.05, 3.63) is 84.4 Å². The first-order valence-corrected chi connectivity index (χ1v) is 8.08. The van der Waals surface area contributed by atoms with Gasteiger partial charge in [0.2, 0.25) is 0 Å². The summed E-state index contributed by atoms with van der Waals surface area (Å²) < 4.78 is 1.48. The normalized spacial score (nSPS) is 14.4. The minimum Gasteiger partial charge on any atom is -0.292 e. The molecule has 0 saturated carbocycles. The van der Waals surface area contributed by atoms with Gasteiger partial charge in [-0.1, -0.05) is 12.1 Å². The molecule has 9 heteroatoms. The zero-order valence-corrected chi connectivity index (χ0v) is 13.9. The fourth-order valence-corrected chi connectivity index (χ4v) is 3.19. The molecule has 2 aromatic carbocycles. The van der Waals surface area contributed by atoms with Gasteiger partial charge in [-0.3, -0.25) is 29.6 Å². The molecule has 1 aliphatic heterocycles. The molecular formula is C18H12N4O5. The Balaban J connectivity index is 1.84. The van der Waals surface area contributed by atoms with Crippen molar-refractivity contribution < 1.29 is 9.85 Å². The van der Waals surface area contributed by atoms with Gasteiger partial charge >= 0.3 is 0 Å². The van der Waals surface area contributed by atoms with Crippen LogP contribution in [0.5, 0.6) is 0 Å². The number of fused-ring (bicyclic) bond motifs is 2. The third-order valence-corrected chi connectivity index (χ3v) is 4.46. The number of nitro benzene ring substituents is 2. The van der Waals surface area contributed by atoms with Crippen LogP contribution >= 0.6 is 0 Å².